The van der Waals surface area contributed by atoms with Crippen molar-refractivity contribution in [3.05, 3.63) is 47.5 Å². The molecule has 0 aliphatic heterocycles. The fourth-order valence-corrected chi connectivity index (χ4v) is 2.33. The molecular weight excluding hydrogens is 358 g/mol. The van der Waals surface area contributed by atoms with Crippen molar-refractivity contribution in [1.82, 2.24) is 0 Å². The van der Waals surface area contributed by atoms with Crippen molar-refractivity contribution >= 4 is 40.3 Å². The number of anilines is 2. The predicted molar refractivity (Wildman–Crippen MR) is 95.5 cm³/mol. The van der Waals surface area contributed by atoms with E-state index < -0.39 is 6.61 Å². The molecule has 0 saturated heterocycles. The van der Waals surface area contributed by atoms with Gasteiger partial charge in [-0.25, -0.2) is 0 Å². The molecule has 0 aliphatic carbocycles. The zero-order chi connectivity index (χ0) is 17.5. The zero-order valence-corrected chi connectivity index (χ0v) is 14.3. The lowest BCUT2D eigenvalue weighted by Crippen LogP contribution is -2.19. The summed E-state index contributed by atoms with van der Waals surface area (Å²) >= 11 is 11.1. The molecule has 128 valence electrons. The molecule has 2 N–H and O–H groups in total. The number of thiocarbonyl (C=S) groups is 1. The molecule has 24 heavy (non-hydrogen) atoms. The van der Waals surface area contributed by atoms with Gasteiger partial charge in [0.25, 0.3) is 0 Å². The number of rotatable bonds is 6. The van der Waals surface area contributed by atoms with Crippen LogP contribution in [0.2, 0.25) is 5.02 Å². The maximum atomic E-state index is 12.2. The Kier molecular flexibility index (Phi) is 6.57. The highest BCUT2D eigenvalue weighted by Crippen LogP contribution is 2.29. The number of nitrogens with one attached hydrogen (secondary N) is 2. The summed E-state index contributed by atoms with van der Waals surface area (Å²) in [6, 6.07) is 11.6. The van der Waals surface area contributed by atoms with Crippen LogP contribution < -0.4 is 20.1 Å². The van der Waals surface area contributed by atoms with E-state index >= 15 is 0 Å². The second-order valence-corrected chi connectivity index (χ2v) is 5.38. The van der Waals surface area contributed by atoms with E-state index in [0.717, 1.165) is 11.4 Å². The van der Waals surface area contributed by atoms with E-state index in [2.05, 4.69) is 15.4 Å². The largest absolute Gasteiger partial charge is 0.494 e. The molecule has 0 amide bonds. The minimum atomic E-state index is -2.93. The van der Waals surface area contributed by atoms with Crippen molar-refractivity contribution < 1.29 is 18.3 Å². The Morgan fingerprint density at radius 1 is 1.12 bits per heavy atom. The van der Waals surface area contributed by atoms with Gasteiger partial charge >= 0.3 is 6.61 Å². The molecule has 0 heterocycles. The zero-order valence-electron chi connectivity index (χ0n) is 12.7. The van der Waals surface area contributed by atoms with E-state index in [1.54, 1.807) is 0 Å². The molecule has 0 saturated carbocycles. The van der Waals surface area contributed by atoms with Gasteiger partial charge in [-0.05, 0) is 61.6 Å². The summed E-state index contributed by atoms with van der Waals surface area (Å²) in [4.78, 5) is 0. The van der Waals surface area contributed by atoms with Crippen molar-refractivity contribution in [2.24, 2.45) is 0 Å². The van der Waals surface area contributed by atoms with E-state index in [1.165, 1.54) is 18.2 Å². The number of benzene rings is 2. The molecule has 0 radical (unpaired) electrons. The van der Waals surface area contributed by atoms with Gasteiger partial charge in [-0.3, -0.25) is 0 Å². The van der Waals surface area contributed by atoms with Crippen molar-refractivity contribution in [2.75, 3.05) is 17.2 Å². The van der Waals surface area contributed by atoms with Gasteiger partial charge in [0.15, 0.2) is 5.11 Å². The van der Waals surface area contributed by atoms with E-state index in [9.17, 15) is 8.78 Å². The van der Waals surface area contributed by atoms with Gasteiger partial charge in [0.2, 0.25) is 0 Å². The molecule has 4 nitrogen and oxygen atoms in total. The molecule has 0 fully saturated rings. The van der Waals surface area contributed by atoms with Gasteiger partial charge < -0.3 is 20.1 Å². The highest BCUT2D eigenvalue weighted by Gasteiger charge is 2.09. The van der Waals surface area contributed by atoms with Crippen LogP contribution >= 0.6 is 23.8 Å². The summed E-state index contributed by atoms with van der Waals surface area (Å²) in [6.45, 7) is -0.420. The molecule has 2 aromatic carbocycles. The molecule has 2 rings (SSSR count). The van der Waals surface area contributed by atoms with Gasteiger partial charge in [-0.15, -0.1) is 0 Å². The average Bonchev–Trinajstić information content (AvgIpc) is 2.52. The van der Waals surface area contributed by atoms with Gasteiger partial charge in [0.1, 0.15) is 11.5 Å². The number of hydrogen-bond acceptors (Lipinski definition) is 3. The lowest BCUT2D eigenvalue weighted by atomic mass is 10.3. The van der Waals surface area contributed by atoms with Crippen molar-refractivity contribution in [1.29, 1.82) is 0 Å². The number of hydrogen-bond donors (Lipinski definition) is 2. The monoisotopic (exact) mass is 372 g/mol. The van der Waals surface area contributed by atoms with Crippen LogP contribution in [0.25, 0.3) is 0 Å². The molecule has 0 atom stereocenters. The van der Waals surface area contributed by atoms with Crippen LogP contribution in [0.5, 0.6) is 11.5 Å². The molecule has 0 aromatic heterocycles. The van der Waals surface area contributed by atoms with Gasteiger partial charge in [0, 0.05) is 11.4 Å². The van der Waals surface area contributed by atoms with E-state index in [4.69, 9.17) is 28.6 Å². The van der Waals surface area contributed by atoms with E-state index in [-0.39, 0.29) is 10.8 Å². The first-order valence-corrected chi connectivity index (χ1v) is 7.81. The SMILES string of the molecule is CCOc1ccc(NC(=S)Nc2ccc(OC(F)F)c(Cl)c2)cc1. The van der Waals surface area contributed by atoms with Crippen LogP contribution in [-0.4, -0.2) is 18.3 Å². The topological polar surface area (TPSA) is 42.5 Å². The summed E-state index contributed by atoms with van der Waals surface area (Å²) in [5.41, 5.74) is 1.32. The molecule has 2 aromatic rings. The smallest absolute Gasteiger partial charge is 0.387 e. The summed E-state index contributed by atoms with van der Waals surface area (Å²) in [5, 5.41) is 6.30. The summed E-state index contributed by atoms with van der Waals surface area (Å²) in [6.07, 6.45) is 0. The predicted octanol–water partition coefficient (Wildman–Crippen LogP) is 5.15. The van der Waals surface area contributed by atoms with Crippen molar-refractivity contribution in [3.8, 4) is 11.5 Å². The van der Waals surface area contributed by atoms with Crippen molar-refractivity contribution in [3.63, 3.8) is 0 Å². The lowest BCUT2D eigenvalue weighted by Gasteiger charge is -2.13. The number of alkyl halides is 2. The van der Waals surface area contributed by atoms with E-state index in [0.29, 0.717) is 17.4 Å². The first kappa shape index (κ1) is 18.2. The van der Waals surface area contributed by atoms with Crippen LogP contribution in [0.15, 0.2) is 42.5 Å². The first-order chi connectivity index (χ1) is 11.5. The van der Waals surface area contributed by atoms with Crippen LogP contribution in [0.3, 0.4) is 0 Å². The summed E-state index contributed by atoms with van der Waals surface area (Å²) < 4.78 is 34.0. The third-order valence-electron chi connectivity index (χ3n) is 2.83. The van der Waals surface area contributed by atoms with Crippen LogP contribution in [0, 0.1) is 0 Å². The van der Waals surface area contributed by atoms with E-state index in [1.807, 2.05) is 31.2 Å². The molecule has 0 bridgehead atoms. The van der Waals surface area contributed by atoms with Crippen LogP contribution in [-0.2, 0) is 0 Å². The normalized spacial score (nSPS) is 10.4. The second-order valence-electron chi connectivity index (χ2n) is 4.56. The summed E-state index contributed by atoms with van der Waals surface area (Å²) in [5.74, 6) is 0.672. The third kappa shape index (κ3) is 5.50. The minimum Gasteiger partial charge on any atom is -0.494 e. The van der Waals surface area contributed by atoms with Gasteiger partial charge in [-0.1, -0.05) is 11.6 Å². The Labute approximate surface area is 148 Å². The standard InChI is InChI=1S/C16H15ClF2N2O2S/c1-2-22-12-6-3-10(4-7-12)20-16(24)21-11-5-8-14(13(17)9-11)23-15(18)19/h3-9,15H,2H2,1H3,(H2,20,21,24). The molecule has 0 aliphatic rings. The molecule has 0 spiro atoms. The maximum Gasteiger partial charge on any atom is 0.387 e. The van der Waals surface area contributed by atoms with Gasteiger partial charge in [-0.2, -0.15) is 8.78 Å². The lowest BCUT2D eigenvalue weighted by molar-refractivity contribution is -0.0497. The summed E-state index contributed by atoms with van der Waals surface area (Å²) in [7, 11) is 0. The Morgan fingerprint density at radius 3 is 2.33 bits per heavy atom. The number of halogens is 3. The minimum absolute atomic E-state index is 0.0594. The van der Waals surface area contributed by atoms with Crippen LogP contribution in [0.1, 0.15) is 6.92 Å². The first-order valence-electron chi connectivity index (χ1n) is 7.03. The Hall–Kier alpha value is -2.12. The molecule has 8 heteroatoms. The van der Waals surface area contributed by atoms with Crippen molar-refractivity contribution in [2.45, 2.75) is 13.5 Å². The third-order valence-corrected chi connectivity index (χ3v) is 3.33. The average molecular weight is 373 g/mol. The Morgan fingerprint density at radius 2 is 1.75 bits per heavy atom. The highest BCUT2D eigenvalue weighted by atomic mass is 35.5. The van der Waals surface area contributed by atoms with Crippen LogP contribution in [0.4, 0.5) is 20.2 Å². The number of ether oxygens (including phenoxy) is 2. The van der Waals surface area contributed by atoms with Gasteiger partial charge in [0.05, 0.1) is 11.6 Å². The quantitative estimate of drug-likeness (QED) is 0.686. The highest BCUT2D eigenvalue weighted by molar-refractivity contribution is 7.80. The maximum absolute atomic E-state index is 12.2. The fraction of sp³-hybridized carbons (Fsp3) is 0.188. The second kappa shape index (κ2) is 8.65. The Bertz CT molecular complexity index is 699. The Balaban J connectivity index is 1.95. The molecular formula is C16H15ClF2N2O2S. The fourth-order valence-electron chi connectivity index (χ4n) is 1.86. The molecule has 0 unspecified atom stereocenters.